The third kappa shape index (κ3) is 3.14. The van der Waals surface area contributed by atoms with Gasteiger partial charge in [0, 0.05) is 6.04 Å². The fraction of sp³-hybridized carbons (Fsp3) is 0.647. The molecule has 1 nitrogen and oxygen atoms in total. The van der Waals surface area contributed by atoms with Crippen molar-refractivity contribution in [1.29, 1.82) is 0 Å². The number of rotatable bonds is 4. The molecule has 1 saturated carbocycles. The summed E-state index contributed by atoms with van der Waals surface area (Å²) in [7, 11) is 2.11. The molecule has 1 fully saturated rings. The van der Waals surface area contributed by atoms with Crippen molar-refractivity contribution >= 4 is 0 Å². The van der Waals surface area contributed by atoms with Crippen LogP contribution in [0.5, 0.6) is 0 Å². The second kappa shape index (κ2) is 6.38. The zero-order chi connectivity index (χ0) is 13.0. The van der Waals surface area contributed by atoms with Gasteiger partial charge < -0.3 is 5.32 Å². The lowest BCUT2D eigenvalue weighted by molar-refractivity contribution is 0.230. The Bertz CT molecular complexity index is 372. The van der Waals surface area contributed by atoms with Crippen LogP contribution in [0, 0.1) is 11.8 Å². The molecule has 1 aliphatic rings. The van der Waals surface area contributed by atoms with E-state index in [0.29, 0.717) is 6.04 Å². The van der Waals surface area contributed by atoms with Crippen molar-refractivity contribution in [2.24, 2.45) is 11.8 Å². The fourth-order valence-electron chi connectivity index (χ4n) is 3.46. The number of hydrogen-bond donors (Lipinski definition) is 1. The smallest absolute Gasteiger partial charge is 0.0346 e. The topological polar surface area (TPSA) is 12.0 Å². The molecule has 0 aliphatic heterocycles. The highest BCUT2D eigenvalue weighted by Gasteiger charge is 2.26. The van der Waals surface area contributed by atoms with Crippen LogP contribution in [-0.2, 0) is 6.42 Å². The van der Waals surface area contributed by atoms with Crippen molar-refractivity contribution in [1.82, 2.24) is 5.32 Å². The molecule has 0 spiro atoms. The van der Waals surface area contributed by atoms with Gasteiger partial charge in [0.15, 0.2) is 0 Å². The van der Waals surface area contributed by atoms with Gasteiger partial charge in [0.1, 0.15) is 0 Å². The average molecular weight is 245 g/mol. The highest BCUT2D eigenvalue weighted by Crippen LogP contribution is 2.37. The molecule has 0 aromatic heterocycles. The van der Waals surface area contributed by atoms with E-state index in [-0.39, 0.29) is 0 Å². The van der Waals surface area contributed by atoms with E-state index in [4.69, 9.17) is 0 Å². The molecule has 1 heteroatoms. The largest absolute Gasteiger partial charge is 0.313 e. The van der Waals surface area contributed by atoms with Crippen LogP contribution in [0.25, 0.3) is 0 Å². The molecule has 0 amide bonds. The van der Waals surface area contributed by atoms with E-state index in [1.54, 1.807) is 0 Å². The molecule has 1 N–H and O–H groups in total. The summed E-state index contributed by atoms with van der Waals surface area (Å²) in [6, 6.07) is 9.67. The normalized spacial score (nSPS) is 25.9. The molecule has 18 heavy (non-hydrogen) atoms. The van der Waals surface area contributed by atoms with Crippen LogP contribution in [0.3, 0.4) is 0 Å². The maximum Gasteiger partial charge on any atom is 0.0346 e. The number of hydrogen-bond acceptors (Lipinski definition) is 1. The summed E-state index contributed by atoms with van der Waals surface area (Å²) in [5, 5.41) is 3.56. The lowest BCUT2D eigenvalue weighted by Crippen LogP contribution is -2.29. The summed E-state index contributed by atoms with van der Waals surface area (Å²) in [5.41, 5.74) is 2.94. The van der Waals surface area contributed by atoms with Crippen LogP contribution in [0.15, 0.2) is 24.3 Å². The molecule has 0 radical (unpaired) electrons. The molecule has 0 heterocycles. The zero-order valence-corrected chi connectivity index (χ0v) is 12.1. The van der Waals surface area contributed by atoms with Gasteiger partial charge in [-0.3, -0.25) is 0 Å². The Morgan fingerprint density at radius 1 is 1.33 bits per heavy atom. The summed E-state index contributed by atoms with van der Waals surface area (Å²) in [6.45, 7) is 4.64. The van der Waals surface area contributed by atoms with Gasteiger partial charge in [0.2, 0.25) is 0 Å². The Balaban J connectivity index is 2.16. The highest BCUT2D eigenvalue weighted by atomic mass is 14.9. The van der Waals surface area contributed by atoms with Crippen LogP contribution in [0.2, 0.25) is 0 Å². The molecule has 2 rings (SSSR count). The van der Waals surface area contributed by atoms with Crippen molar-refractivity contribution in [3.63, 3.8) is 0 Å². The molecule has 0 saturated heterocycles. The monoisotopic (exact) mass is 245 g/mol. The zero-order valence-electron chi connectivity index (χ0n) is 12.1. The molecule has 1 aromatic carbocycles. The molecule has 0 bridgehead atoms. The predicted molar refractivity (Wildman–Crippen MR) is 78.7 cm³/mol. The third-order valence-corrected chi connectivity index (χ3v) is 4.48. The Morgan fingerprint density at radius 3 is 2.83 bits per heavy atom. The van der Waals surface area contributed by atoms with E-state index in [9.17, 15) is 0 Å². The summed E-state index contributed by atoms with van der Waals surface area (Å²) in [6.07, 6.45) is 6.71. The maximum atomic E-state index is 3.56. The third-order valence-electron chi connectivity index (χ3n) is 4.48. The second-order valence-electron chi connectivity index (χ2n) is 5.90. The highest BCUT2D eigenvalue weighted by molar-refractivity contribution is 5.26. The Kier molecular flexibility index (Phi) is 4.82. The summed E-state index contributed by atoms with van der Waals surface area (Å²) < 4.78 is 0. The first kappa shape index (κ1) is 13.6. The molecular formula is C17H27N. The van der Waals surface area contributed by atoms with Gasteiger partial charge in [0.05, 0.1) is 0 Å². The van der Waals surface area contributed by atoms with E-state index in [0.717, 1.165) is 18.3 Å². The van der Waals surface area contributed by atoms with E-state index < -0.39 is 0 Å². The van der Waals surface area contributed by atoms with E-state index >= 15 is 0 Å². The van der Waals surface area contributed by atoms with Crippen LogP contribution in [0.4, 0.5) is 0 Å². The molecule has 1 aromatic rings. The van der Waals surface area contributed by atoms with Crippen molar-refractivity contribution < 1.29 is 0 Å². The van der Waals surface area contributed by atoms with Crippen molar-refractivity contribution in [2.45, 2.75) is 52.0 Å². The number of aryl methyl sites for hydroxylation is 1. The van der Waals surface area contributed by atoms with Crippen molar-refractivity contribution in [3.05, 3.63) is 35.4 Å². The Hall–Kier alpha value is -0.820. The van der Waals surface area contributed by atoms with E-state index in [2.05, 4.69) is 50.5 Å². The summed E-state index contributed by atoms with van der Waals surface area (Å²) >= 11 is 0. The lowest BCUT2D eigenvalue weighted by Gasteiger charge is -2.33. The molecular weight excluding hydrogens is 218 g/mol. The molecule has 100 valence electrons. The summed E-state index contributed by atoms with van der Waals surface area (Å²) in [4.78, 5) is 0. The summed E-state index contributed by atoms with van der Waals surface area (Å²) in [5.74, 6) is 1.71. The van der Waals surface area contributed by atoms with Crippen molar-refractivity contribution in [3.8, 4) is 0 Å². The van der Waals surface area contributed by atoms with Gasteiger partial charge in [-0.15, -0.1) is 0 Å². The van der Waals surface area contributed by atoms with Gasteiger partial charge in [-0.1, -0.05) is 51.0 Å². The van der Waals surface area contributed by atoms with Crippen LogP contribution >= 0.6 is 0 Å². The minimum Gasteiger partial charge on any atom is -0.313 e. The van der Waals surface area contributed by atoms with Gasteiger partial charge in [-0.25, -0.2) is 0 Å². The van der Waals surface area contributed by atoms with Crippen molar-refractivity contribution in [2.75, 3.05) is 7.05 Å². The molecule has 3 atom stereocenters. The fourth-order valence-corrected chi connectivity index (χ4v) is 3.46. The molecule has 1 aliphatic carbocycles. The van der Waals surface area contributed by atoms with Crippen LogP contribution < -0.4 is 5.32 Å². The Labute approximate surface area is 112 Å². The quantitative estimate of drug-likeness (QED) is 0.832. The van der Waals surface area contributed by atoms with E-state index in [1.807, 2.05) is 0 Å². The van der Waals surface area contributed by atoms with Crippen LogP contribution in [-0.4, -0.2) is 7.05 Å². The van der Waals surface area contributed by atoms with Crippen LogP contribution in [0.1, 0.15) is 56.7 Å². The van der Waals surface area contributed by atoms with E-state index in [1.165, 1.54) is 36.8 Å². The Morgan fingerprint density at radius 2 is 2.17 bits per heavy atom. The SMILES string of the molecule is CCc1cccc(C(NC)C2CCCC(C)C2)c1. The first-order chi connectivity index (χ1) is 8.74. The van der Waals surface area contributed by atoms with Gasteiger partial charge in [-0.2, -0.15) is 0 Å². The second-order valence-corrected chi connectivity index (χ2v) is 5.90. The number of benzene rings is 1. The van der Waals surface area contributed by atoms with Gasteiger partial charge >= 0.3 is 0 Å². The minimum atomic E-state index is 0.541. The standard InChI is InChI=1S/C17H27N/c1-4-14-8-6-10-16(12-14)17(18-3)15-9-5-7-13(2)11-15/h6,8,10,12-13,15,17-18H,4-5,7,9,11H2,1-3H3. The lowest BCUT2D eigenvalue weighted by atomic mass is 9.76. The minimum absolute atomic E-state index is 0.541. The average Bonchev–Trinajstić information content (AvgIpc) is 2.40. The maximum absolute atomic E-state index is 3.56. The van der Waals surface area contributed by atoms with Gasteiger partial charge in [0.25, 0.3) is 0 Å². The predicted octanol–water partition coefficient (Wildman–Crippen LogP) is 4.34. The first-order valence-corrected chi connectivity index (χ1v) is 7.50. The first-order valence-electron chi connectivity index (χ1n) is 7.50. The number of nitrogens with one attached hydrogen (secondary N) is 1. The van der Waals surface area contributed by atoms with Gasteiger partial charge in [-0.05, 0) is 49.3 Å². The molecule has 3 unspecified atom stereocenters.